The molecule has 0 aliphatic carbocycles. The largest absolute Gasteiger partial charge is 0.356 e. The van der Waals surface area contributed by atoms with Crippen molar-refractivity contribution in [1.29, 1.82) is 0 Å². The zero-order valence-corrected chi connectivity index (χ0v) is 12.0. The number of amidine groups is 1. The predicted octanol–water partition coefficient (Wildman–Crippen LogP) is 1.24. The van der Waals surface area contributed by atoms with Crippen molar-refractivity contribution in [3.63, 3.8) is 0 Å². The number of unbranched alkanes of at least 4 members (excludes halogenated alkanes) is 2. The molecule has 1 rings (SSSR count). The van der Waals surface area contributed by atoms with Crippen molar-refractivity contribution >= 4 is 28.7 Å². The fraction of sp³-hybridized carbons (Fsp3) is 0.750. The van der Waals surface area contributed by atoms with Crippen molar-refractivity contribution in [2.75, 3.05) is 20.6 Å². The molecule has 1 atom stereocenters. The molecule has 5 nitrogen and oxygen atoms in total. The van der Waals surface area contributed by atoms with Crippen molar-refractivity contribution < 1.29 is 9.59 Å². The normalized spacial score (nSPS) is 21.7. The van der Waals surface area contributed by atoms with Crippen LogP contribution in [0.4, 0.5) is 0 Å². The zero-order valence-electron chi connectivity index (χ0n) is 11.2. The third-order valence-corrected chi connectivity index (χ3v) is 4.13. The van der Waals surface area contributed by atoms with Crippen molar-refractivity contribution in [1.82, 2.24) is 10.2 Å². The summed E-state index contributed by atoms with van der Waals surface area (Å²) >= 11 is 1.36. The molecule has 6 heteroatoms. The van der Waals surface area contributed by atoms with Gasteiger partial charge < -0.3 is 5.32 Å². The number of hydrogen-bond donors (Lipinski definition) is 1. The van der Waals surface area contributed by atoms with E-state index in [2.05, 4.69) is 17.2 Å². The average molecular weight is 271 g/mol. The van der Waals surface area contributed by atoms with Gasteiger partial charge in [-0.1, -0.05) is 31.5 Å². The Morgan fingerprint density at radius 2 is 2.22 bits per heavy atom. The highest BCUT2D eigenvalue weighted by atomic mass is 32.2. The first-order chi connectivity index (χ1) is 8.60. The number of thioether (sulfide) groups is 1. The maximum Gasteiger partial charge on any atom is 0.242 e. The van der Waals surface area contributed by atoms with Gasteiger partial charge in [0.05, 0.1) is 0 Å². The molecule has 1 heterocycles. The van der Waals surface area contributed by atoms with Gasteiger partial charge in [0.2, 0.25) is 11.8 Å². The molecule has 1 saturated heterocycles. The van der Waals surface area contributed by atoms with Crippen LogP contribution in [0.15, 0.2) is 4.99 Å². The highest BCUT2D eigenvalue weighted by molar-refractivity contribution is 8.15. The maximum atomic E-state index is 11.8. The lowest BCUT2D eigenvalue weighted by Crippen LogP contribution is -2.32. The van der Waals surface area contributed by atoms with Crippen molar-refractivity contribution in [2.24, 2.45) is 4.99 Å². The summed E-state index contributed by atoms with van der Waals surface area (Å²) in [7, 11) is 3.34. The summed E-state index contributed by atoms with van der Waals surface area (Å²) in [4.78, 5) is 29.0. The highest BCUT2D eigenvalue weighted by Crippen LogP contribution is 2.27. The highest BCUT2D eigenvalue weighted by Gasteiger charge is 2.36. The standard InChI is InChI=1S/C12H21N3O2S/c1-4-5-6-7-14-10(16)8-9-11(17)15(3)12(13-2)18-9/h9H,4-8H2,1-3H3,(H,14,16). The summed E-state index contributed by atoms with van der Waals surface area (Å²) < 4.78 is 0. The Labute approximate surface area is 112 Å². The van der Waals surface area contributed by atoms with Crippen molar-refractivity contribution in [2.45, 2.75) is 37.9 Å². The summed E-state index contributed by atoms with van der Waals surface area (Å²) in [5.74, 6) is -0.0907. The van der Waals surface area contributed by atoms with Crippen LogP contribution in [0.3, 0.4) is 0 Å². The fourth-order valence-electron chi connectivity index (χ4n) is 1.74. The molecule has 2 amide bonds. The summed E-state index contributed by atoms with van der Waals surface area (Å²) in [6, 6.07) is 0. The van der Waals surface area contributed by atoms with Crippen LogP contribution in [0.25, 0.3) is 0 Å². The molecule has 0 bridgehead atoms. The molecule has 102 valence electrons. The van der Waals surface area contributed by atoms with E-state index in [0.29, 0.717) is 11.7 Å². The number of aliphatic imine (C=N–C) groups is 1. The Bertz CT molecular complexity index is 344. The number of amides is 2. The van der Waals surface area contributed by atoms with Gasteiger partial charge in [0.25, 0.3) is 0 Å². The second-order valence-electron chi connectivity index (χ2n) is 4.27. The van der Waals surface area contributed by atoms with Gasteiger partial charge >= 0.3 is 0 Å². The molecule has 0 aromatic rings. The van der Waals surface area contributed by atoms with E-state index in [9.17, 15) is 9.59 Å². The Hall–Kier alpha value is -1.04. The van der Waals surface area contributed by atoms with Gasteiger partial charge in [-0.3, -0.25) is 19.5 Å². The number of carbonyl (C=O) groups excluding carboxylic acids is 2. The summed E-state index contributed by atoms with van der Waals surface area (Å²) in [5.41, 5.74) is 0. The summed E-state index contributed by atoms with van der Waals surface area (Å²) in [6.07, 6.45) is 3.48. The topological polar surface area (TPSA) is 61.8 Å². The molecular formula is C12H21N3O2S. The van der Waals surface area contributed by atoms with E-state index in [1.165, 1.54) is 16.7 Å². The molecular weight excluding hydrogens is 250 g/mol. The molecule has 0 radical (unpaired) electrons. The minimum atomic E-state index is -0.320. The molecule has 18 heavy (non-hydrogen) atoms. The number of nitrogens with one attached hydrogen (secondary N) is 1. The van der Waals surface area contributed by atoms with Crippen molar-refractivity contribution in [3.05, 3.63) is 0 Å². The number of rotatable bonds is 6. The Kier molecular flexibility index (Phi) is 6.18. The molecule has 1 fully saturated rings. The van der Waals surface area contributed by atoms with Crippen LogP contribution in [0.2, 0.25) is 0 Å². The SMILES string of the molecule is CCCCCNC(=O)CC1SC(=NC)N(C)C1=O. The lowest BCUT2D eigenvalue weighted by atomic mass is 10.2. The van der Waals surface area contributed by atoms with Crippen LogP contribution in [0.1, 0.15) is 32.6 Å². The van der Waals surface area contributed by atoms with E-state index >= 15 is 0 Å². The molecule has 1 N–H and O–H groups in total. The first kappa shape index (κ1) is 15.0. The quantitative estimate of drug-likeness (QED) is 0.739. The van der Waals surface area contributed by atoms with Gasteiger partial charge in [-0.25, -0.2) is 0 Å². The van der Waals surface area contributed by atoms with E-state index in [4.69, 9.17) is 0 Å². The van der Waals surface area contributed by atoms with Gasteiger partial charge in [0, 0.05) is 27.1 Å². The first-order valence-electron chi connectivity index (χ1n) is 6.27. The Balaban J connectivity index is 2.35. The van der Waals surface area contributed by atoms with E-state index < -0.39 is 0 Å². The predicted molar refractivity (Wildman–Crippen MR) is 74.7 cm³/mol. The van der Waals surface area contributed by atoms with Gasteiger partial charge in [-0.2, -0.15) is 0 Å². The molecule has 0 spiro atoms. The van der Waals surface area contributed by atoms with Crippen LogP contribution < -0.4 is 5.32 Å². The Morgan fingerprint density at radius 1 is 1.50 bits per heavy atom. The third-order valence-electron chi connectivity index (χ3n) is 2.81. The molecule has 1 aliphatic rings. The Morgan fingerprint density at radius 3 is 2.78 bits per heavy atom. The maximum absolute atomic E-state index is 11.8. The molecule has 0 aromatic heterocycles. The number of carbonyl (C=O) groups is 2. The zero-order chi connectivity index (χ0) is 13.5. The van der Waals surface area contributed by atoms with Crippen LogP contribution in [-0.2, 0) is 9.59 Å². The van der Waals surface area contributed by atoms with Gasteiger partial charge in [-0.05, 0) is 6.42 Å². The van der Waals surface area contributed by atoms with Gasteiger partial charge in [0.15, 0.2) is 5.17 Å². The number of nitrogens with zero attached hydrogens (tertiary/aromatic N) is 2. The lowest BCUT2D eigenvalue weighted by molar-refractivity contribution is -0.128. The summed E-state index contributed by atoms with van der Waals surface area (Å²) in [6.45, 7) is 2.82. The second-order valence-corrected chi connectivity index (χ2v) is 5.44. The fourth-order valence-corrected chi connectivity index (χ4v) is 2.84. The average Bonchev–Trinajstić information content (AvgIpc) is 2.62. The van der Waals surface area contributed by atoms with Crippen LogP contribution in [-0.4, -0.2) is 47.8 Å². The smallest absolute Gasteiger partial charge is 0.242 e. The lowest BCUT2D eigenvalue weighted by Gasteiger charge is -2.08. The minimum absolute atomic E-state index is 0.0377. The van der Waals surface area contributed by atoms with Crippen LogP contribution in [0, 0.1) is 0 Å². The van der Waals surface area contributed by atoms with E-state index in [-0.39, 0.29) is 23.5 Å². The van der Waals surface area contributed by atoms with E-state index in [1.807, 2.05) is 0 Å². The second kappa shape index (κ2) is 7.41. The van der Waals surface area contributed by atoms with E-state index in [1.54, 1.807) is 14.1 Å². The third kappa shape index (κ3) is 4.01. The monoisotopic (exact) mass is 271 g/mol. The van der Waals surface area contributed by atoms with Crippen LogP contribution >= 0.6 is 11.8 Å². The van der Waals surface area contributed by atoms with Gasteiger partial charge in [-0.15, -0.1) is 0 Å². The summed E-state index contributed by atoms with van der Waals surface area (Å²) in [5, 5.41) is 3.21. The molecule has 0 aromatic carbocycles. The number of hydrogen-bond acceptors (Lipinski definition) is 4. The van der Waals surface area contributed by atoms with Gasteiger partial charge in [0.1, 0.15) is 5.25 Å². The molecule has 1 aliphatic heterocycles. The molecule has 1 unspecified atom stereocenters. The molecule has 0 saturated carbocycles. The minimum Gasteiger partial charge on any atom is -0.356 e. The first-order valence-corrected chi connectivity index (χ1v) is 7.15. The van der Waals surface area contributed by atoms with Crippen LogP contribution in [0.5, 0.6) is 0 Å². The van der Waals surface area contributed by atoms with E-state index in [0.717, 1.165) is 19.3 Å². The van der Waals surface area contributed by atoms with Crippen molar-refractivity contribution in [3.8, 4) is 0 Å².